The Morgan fingerprint density at radius 1 is 0.321 bits per heavy atom. The zero-order valence-corrected chi connectivity index (χ0v) is 78.3. The highest BCUT2D eigenvalue weighted by atomic mass is 28.4. The number of carbonyl (C=O) groups excluding carboxylic acids is 2. The zero-order chi connectivity index (χ0) is 79.0. The first kappa shape index (κ1) is 100. The highest BCUT2D eigenvalue weighted by Crippen LogP contribution is 2.34. The van der Waals surface area contributed by atoms with Crippen molar-refractivity contribution in [3.05, 3.63) is 25.7 Å². The molecule has 109 heavy (non-hydrogen) atoms. The summed E-state index contributed by atoms with van der Waals surface area (Å²) in [5.74, 6) is 2.80. The molecule has 0 bridgehead atoms. The highest BCUT2D eigenvalue weighted by Gasteiger charge is 2.39. The lowest BCUT2D eigenvalue weighted by atomic mass is 9.83. The van der Waals surface area contributed by atoms with Gasteiger partial charge < -0.3 is 102 Å². The third-order valence-electron chi connectivity index (χ3n) is 20.4. The van der Waals surface area contributed by atoms with Crippen LogP contribution in [-0.4, -0.2) is 261 Å². The molecule has 0 aromatic heterocycles. The molecule has 6 saturated heterocycles. The molecule has 640 valence electrons. The minimum absolute atomic E-state index is 0. The molecule has 6 aliphatic heterocycles. The van der Waals surface area contributed by atoms with E-state index in [2.05, 4.69) is 118 Å². The van der Waals surface area contributed by atoms with E-state index in [4.69, 9.17) is 102 Å². The van der Waals surface area contributed by atoms with Gasteiger partial charge in [-0.2, -0.15) is 0 Å². The van der Waals surface area contributed by atoms with Gasteiger partial charge in [0, 0.05) is 52.9 Å². The van der Waals surface area contributed by atoms with Crippen molar-refractivity contribution < 1.29 is 111 Å². The summed E-state index contributed by atoms with van der Waals surface area (Å²) in [6.45, 7) is 59.8. The van der Waals surface area contributed by atoms with E-state index in [1.165, 1.54) is 63.5 Å². The summed E-state index contributed by atoms with van der Waals surface area (Å²) in [6, 6.07) is 8.71. The van der Waals surface area contributed by atoms with E-state index in [1.807, 2.05) is 0 Å². The molecule has 0 aromatic rings. The number of rotatable bonds is 54. The maximum absolute atomic E-state index is 10.9. The second kappa shape index (κ2) is 52.5. The number of hydrogen-bond acceptors (Lipinski definition) is 24. The molecular formula is C77H156O24Si8. The third-order valence-corrected chi connectivity index (χ3v) is 50.1. The van der Waals surface area contributed by atoms with Gasteiger partial charge in [0.05, 0.1) is 91.8 Å². The monoisotopic (exact) mass is 1690 g/mol. The van der Waals surface area contributed by atoms with Crippen molar-refractivity contribution in [2.75, 3.05) is 145 Å². The summed E-state index contributed by atoms with van der Waals surface area (Å²) in [6.07, 6.45) is 18.0. The van der Waals surface area contributed by atoms with Gasteiger partial charge in [0.2, 0.25) is 0 Å². The molecule has 0 radical (unpaired) electrons. The van der Waals surface area contributed by atoms with Gasteiger partial charge in [-0.1, -0.05) is 20.6 Å². The van der Waals surface area contributed by atoms with Gasteiger partial charge in [0.15, 0.2) is 91.3 Å². The lowest BCUT2D eigenvalue weighted by Crippen LogP contribution is -2.45. The molecule has 0 amide bonds. The summed E-state index contributed by atoms with van der Waals surface area (Å²) < 4.78 is 124. The average Bonchev–Trinajstić information content (AvgIpc) is 1.08. The fraction of sp³-hybridized carbons (Fsp3) is 0.922. The van der Waals surface area contributed by atoms with Crippen LogP contribution in [0.4, 0.5) is 9.59 Å². The van der Waals surface area contributed by atoms with Gasteiger partial charge >= 0.3 is 12.3 Å². The molecule has 0 aromatic carbocycles. The van der Waals surface area contributed by atoms with E-state index in [9.17, 15) is 9.59 Å². The molecule has 0 N–H and O–H groups in total. The molecule has 6 heterocycles. The minimum atomic E-state index is -1.77. The van der Waals surface area contributed by atoms with Crippen molar-refractivity contribution in [2.45, 2.75) is 287 Å². The Morgan fingerprint density at radius 2 is 0.569 bits per heavy atom. The fourth-order valence-electron chi connectivity index (χ4n) is 14.6. The first-order valence-electron chi connectivity index (χ1n) is 41.2. The Kier molecular flexibility index (Phi) is 48.2. The van der Waals surface area contributed by atoms with Gasteiger partial charge in [0.1, 0.15) is 25.4 Å². The quantitative estimate of drug-likeness (QED) is 0.0181. The van der Waals surface area contributed by atoms with E-state index in [0.717, 1.165) is 180 Å². The van der Waals surface area contributed by atoms with Gasteiger partial charge in [0.25, 0.3) is 0 Å². The lowest BCUT2D eigenvalue weighted by Gasteiger charge is -2.34. The van der Waals surface area contributed by atoms with Crippen molar-refractivity contribution in [2.24, 2.45) is 23.7 Å². The van der Waals surface area contributed by atoms with Crippen LogP contribution in [0.15, 0.2) is 25.7 Å². The fourth-order valence-corrected chi connectivity index (χ4v) is 49.0. The normalized spacial score (nSPS) is 23.5. The van der Waals surface area contributed by atoms with E-state index in [0.29, 0.717) is 62.3 Å². The van der Waals surface area contributed by atoms with Gasteiger partial charge in [-0.25, -0.2) is 9.59 Å². The molecule has 32 heteroatoms. The largest absolute Gasteiger partial charge is 0.508 e. The van der Waals surface area contributed by atoms with Crippen LogP contribution >= 0.6 is 0 Å². The first-order chi connectivity index (χ1) is 51.1. The second-order valence-corrected chi connectivity index (χ2v) is 71.0. The van der Waals surface area contributed by atoms with Crippen molar-refractivity contribution in [1.82, 2.24) is 0 Å². The van der Waals surface area contributed by atoms with Crippen LogP contribution in [0, 0.1) is 23.7 Å². The Balaban J connectivity index is 0.000000311. The summed E-state index contributed by atoms with van der Waals surface area (Å²) in [5, 5.41) is 0. The highest BCUT2D eigenvalue weighted by molar-refractivity contribution is 6.86. The Hall–Kier alpha value is -1.28. The van der Waals surface area contributed by atoms with E-state index in [-0.39, 0.29) is 45.4 Å². The molecule has 8 fully saturated rings. The van der Waals surface area contributed by atoms with Crippen molar-refractivity contribution in [3.63, 3.8) is 0 Å². The van der Waals surface area contributed by atoms with Crippen LogP contribution in [0.2, 0.25) is 153 Å². The number of epoxide rings is 2. The predicted molar refractivity (Wildman–Crippen MR) is 448 cm³/mol. The van der Waals surface area contributed by atoms with Crippen molar-refractivity contribution in [1.29, 1.82) is 0 Å². The Morgan fingerprint density at radius 3 is 0.826 bits per heavy atom. The molecule has 8 aliphatic rings. The average molecular weight is 1690 g/mol. The predicted octanol–water partition coefficient (Wildman–Crippen LogP) is 17.3. The molecule has 2 aliphatic carbocycles. The topological polar surface area (TPSA) is 244 Å². The van der Waals surface area contributed by atoms with Gasteiger partial charge in [-0.3, -0.25) is 0 Å². The van der Waals surface area contributed by atoms with E-state index in [1.54, 1.807) is 12.5 Å². The second-order valence-electron chi connectivity index (χ2n) is 35.6. The Labute approximate surface area is 668 Å². The molecule has 8 rings (SSSR count). The van der Waals surface area contributed by atoms with Crippen LogP contribution in [-0.2, 0) is 102 Å². The maximum atomic E-state index is 10.9. The van der Waals surface area contributed by atoms with Crippen molar-refractivity contribution >= 4 is 78.8 Å². The van der Waals surface area contributed by atoms with Crippen LogP contribution in [0.5, 0.6) is 0 Å². The molecule has 4 atom stereocenters. The molecular weight excluding hydrogens is 1530 g/mol. The van der Waals surface area contributed by atoms with Crippen LogP contribution < -0.4 is 0 Å². The smallest absolute Gasteiger partial charge is 0.502 e. The van der Waals surface area contributed by atoms with Crippen molar-refractivity contribution in [3.8, 4) is 0 Å². The van der Waals surface area contributed by atoms with E-state index >= 15 is 0 Å². The lowest BCUT2D eigenvalue weighted by molar-refractivity contribution is -0.0438. The molecule has 2 saturated carbocycles. The maximum Gasteiger partial charge on any atom is 0.508 e. The summed E-state index contributed by atoms with van der Waals surface area (Å²) in [7, 11) is -13.5. The molecule has 4 unspecified atom stereocenters. The number of carbonyl (C=O) groups is 2. The molecule has 0 spiro atoms. The Bertz CT molecular complexity index is 2260. The number of cyclic esters (lactones) is 4. The first-order valence-corrected chi connectivity index (χ1v) is 66.1. The zero-order valence-electron chi connectivity index (χ0n) is 70.3. The minimum Gasteiger partial charge on any atom is -0.502 e. The van der Waals surface area contributed by atoms with E-state index < -0.39 is 78.8 Å². The third kappa shape index (κ3) is 50.2. The van der Waals surface area contributed by atoms with Gasteiger partial charge in [-0.05, 0) is 267 Å². The van der Waals surface area contributed by atoms with Crippen LogP contribution in [0.25, 0.3) is 0 Å². The summed E-state index contributed by atoms with van der Waals surface area (Å²) >= 11 is 0. The van der Waals surface area contributed by atoms with Gasteiger partial charge in [-0.15, -0.1) is 0 Å². The summed E-state index contributed by atoms with van der Waals surface area (Å²) in [5.41, 5.74) is 0. The SMILES string of the molecule is C.C=COCC1CCC(COCC[Si](C)(C)O[Si](C)(C)CCOCC2CCC(COC=C)CC2)CC1.C[Si](C)(CCC1OCCO1)O[Si](C)(C)CCC1OCCO1.C[Si](C)(CCCOCC1CO1)O[Si](C)(C)CCCOCC1CO1.C[Si](C)(CCCOCC1COC(=O)O1)O[Si](C)(C)CCCOCC1COC(=O)O1. The number of hydrogen-bond donors (Lipinski definition) is 0. The number of ether oxygens (including phenoxy) is 18. The summed E-state index contributed by atoms with van der Waals surface area (Å²) in [4.78, 5) is 21.7. The molecule has 24 nitrogen and oxygen atoms in total. The van der Waals surface area contributed by atoms with Crippen LogP contribution in [0.1, 0.15) is 97.3 Å². The van der Waals surface area contributed by atoms with Crippen LogP contribution in [0.3, 0.4) is 0 Å². The standard InChI is InChI=1S/C28H54O5Si2.C18H34O9Si2.C16H34O5Si2.C14H30O5Si2.CH4/c1-7-29-21-25-9-13-27(14-10-25)23-31-17-19-34(3,4)33-35(5,6)20-18-32-24-28-15-11-26(12-16-28)22-30-8-2;1-28(2,9-5-7-21-11-15-13-23-17(19)25-15)27-29(3,4)10-6-8-22-12-16-14-24-18(20)26-16;1-22(2,9-5-7-17-11-15-13-19-15)21-23(3,4)10-6-8-18-12-16-14-20-16;1-20(2,11-5-13-15-7-8-16-13)19-21(3,4)12-6-14-17-9-10-18-14;/h7-8,25-28H,1-2,9-24H2,3-6H3;15-16H,5-14H2,1-4H3;15-16H,5-14H2,1-4H3;13-14H,5-12H2,1-4H3;1H4.